The molecule has 0 spiro atoms. The Bertz CT molecular complexity index is 385. The van der Waals surface area contributed by atoms with Crippen LogP contribution in [0.3, 0.4) is 0 Å². The second kappa shape index (κ2) is 6.25. The zero-order valence-corrected chi connectivity index (χ0v) is 11.8. The fourth-order valence-electron chi connectivity index (χ4n) is 1.44. The summed E-state index contributed by atoms with van der Waals surface area (Å²) in [6, 6.07) is 5.61. The molecule has 1 aromatic rings. The number of halogens is 2. The zero-order valence-electron chi connectivity index (χ0n) is 8.66. The Balaban J connectivity index is 2.04. The molecule has 0 saturated carbocycles. The monoisotopic (exact) mass is 290 g/mol. The van der Waals surface area contributed by atoms with Crippen molar-refractivity contribution >= 4 is 52.8 Å². The molecule has 0 amide bonds. The molecule has 1 heterocycles. The highest BCUT2D eigenvalue weighted by Gasteiger charge is 2.10. The predicted octanol–water partition coefficient (Wildman–Crippen LogP) is 5.20. The highest BCUT2D eigenvalue weighted by Crippen LogP contribution is 2.32. The topological polar surface area (TPSA) is 0 Å². The first-order chi connectivity index (χ1) is 7.75. The molecule has 0 radical (unpaired) electrons. The van der Waals surface area contributed by atoms with Crippen LogP contribution in [-0.4, -0.2) is 16.1 Å². The van der Waals surface area contributed by atoms with E-state index in [1.54, 1.807) is 6.07 Å². The number of thioether (sulfide) groups is 2. The van der Waals surface area contributed by atoms with Crippen molar-refractivity contribution < 1.29 is 0 Å². The van der Waals surface area contributed by atoms with Crippen LogP contribution in [0, 0.1) is 0 Å². The SMILES string of the molecule is Clc1ccc(C=CC2SCCCS2)c(Cl)c1. The first-order valence-electron chi connectivity index (χ1n) is 5.12. The van der Waals surface area contributed by atoms with Gasteiger partial charge in [-0.05, 0) is 35.6 Å². The number of hydrogen-bond acceptors (Lipinski definition) is 2. The van der Waals surface area contributed by atoms with Gasteiger partial charge >= 0.3 is 0 Å². The second-order valence-corrected chi connectivity index (χ2v) is 7.13. The molecule has 2 rings (SSSR count). The summed E-state index contributed by atoms with van der Waals surface area (Å²) < 4.78 is 0.570. The van der Waals surface area contributed by atoms with Gasteiger partial charge in [0, 0.05) is 10.0 Å². The van der Waals surface area contributed by atoms with Crippen molar-refractivity contribution in [3.63, 3.8) is 0 Å². The highest BCUT2D eigenvalue weighted by atomic mass is 35.5. The van der Waals surface area contributed by atoms with Gasteiger partial charge in [-0.3, -0.25) is 0 Å². The average molecular weight is 291 g/mol. The smallest absolute Gasteiger partial charge is 0.0685 e. The van der Waals surface area contributed by atoms with Crippen LogP contribution in [0.1, 0.15) is 12.0 Å². The number of hydrogen-bond donors (Lipinski definition) is 0. The molecular formula is C12H12Cl2S2. The van der Waals surface area contributed by atoms with Crippen LogP contribution in [-0.2, 0) is 0 Å². The second-order valence-electron chi connectivity index (χ2n) is 3.49. The van der Waals surface area contributed by atoms with Gasteiger partial charge in [-0.25, -0.2) is 0 Å². The molecule has 0 unspecified atom stereocenters. The Morgan fingerprint density at radius 3 is 2.62 bits per heavy atom. The fourth-order valence-corrected chi connectivity index (χ4v) is 4.52. The molecule has 0 aliphatic carbocycles. The molecule has 16 heavy (non-hydrogen) atoms. The van der Waals surface area contributed by atoms with Crippen LogP contribution in [0.25, 0.3) is 6.08 Å². The maximum Gasteiger partial charge on any atom is 0.0685 e. The lowest BCUT2D eigenvalue weighted by atomic mass is 10.2. The lowest BCUT2D eigenvalue weighted by molar-refractivity contribution is 1.11. The summed E-state index contributed by atoms with van der Waals surface area (Å²) in [5.41, 5.74) is 1.04. The first kappa shape index (κ1) is 12.7. The Morgan fingerprint density at radius 2 is 1.94 bits per heavy atom. The van der Waals surface area contributed by atoms with Crippen molar-refractivity contribution in [2.75, 3.05) is 11.5 Å². The molecule has 0 N–H and O–H groups in total. The Hall–Kier alpha value is 0.240. The fraction of sp³-hybridized carbons (Fsp3) is 0.333. The summed E-state index contributed by atoms with van der Waals surface area (Å²) in [6.07, 6.45) is 5.64. The number of rotatable bonds is 2. The van der Waals surface area contributed by atoms with Crippen LogP contribution in [0.15, 0.2) is 24.3 Å². The summed E-state index contributed by atoms with van der Waals surface area (Å²) in [5.74, 6) is 2.52. The predicted molar refractivity (Wildman–Crippen MR) is 78.8 cm³/mol. The third-order valence-corrected chi connectivity index (χ3v) is 5.65. The molecule has 0 atom stereocenters. The molecule has 1 saturated heterocycles. The van der Waals surface area contributed by atoms with Gasteiger partial charge in [-0.1, -0.05) is 41.4 Å². The molecular weight excluding hydrogens is 279 g/mol. The van der Waals surface area contributed by atoms with E-state index in [1.807, 2.05) is 35.7 Å². The summed E-state index contributed by atoms with van der Waals surface area (Å²) in [4.78, 5) is 0. The zero-order chi connectivity index (χ0) is 11.4. The third-order valence-electron chi connectivity index (χ3n) is 2.25. The van der Waals surface area contributed by atoms with Gasteiger partial charge in [-0.2, -0.15) is 0 Å². The van der Waals surface area contributed by atoms with Crippen LogP contribution < -0.4 is 0 Å². The quantitative estimate of drug-likeness (QED) is 0.734. The van der Waals surface area contributed by atoms with E-state index >= 15 is 0 Å². The number of benzene rings is 1. The van der Waals surface area contributed by atoms with E-state index in [0.29, 0.717) is 9.60 Å². The minimum atomic E-state index is 0.570. The normalized spacial score (nSPS) is 18.1. The molecule has 0 nitrogen and oxygen atoms in total. The third kappa shape index (κ3) is 3.63. The lowest BCUT2D eigenvalue weighted by Gasteiger charge is -2.17. The Morgan fingerprint density at radius 1 is 1.19 bits per heavy atom. The van der Waals surface area contributed by atoms with Crippen LogP contribution in [0.2, 0.25) is 10.0 Å². The van der Waals surface area contributed by atoms with Crippen molar-refractivity contribution in [3.8, 4) is 0 Å². The summed E-state index contributed by atoms with van der Waals surface area (Å²) in [5, 5.41) is 1.40. The maximum absolute atomic E-state index is 6.10. The summed E-state index contributed by atoms with van der Waals surface area (Å²) >= 11 is 15.9. The van der Waals surface area contributed by atoms with Gasteiger partial charge in [0.2, 0.25) is 0 Å². The molecule has 1 aromatic carbocycles. The van der Waals surface area contributed by atoms with Gasteiger partial charge in [0.15, 0.2) is 0 Å². The van der Waals surface area contributed by atoms with Gasteiger partial charge < -0.3 is 0 Å². The average Bonchev–Trinajstić information content (AvgIpc) is 2.29. The highest BCUT2D eigenvalue weighted by molar-refractivity contribution is 8.17. The Labute approximate surface area is 115 Å². The van der Waals surface area contributed by atoms with E-state index < -0.39 is 0 Å². The maximum atomic E-state index is 6.10. The standard InChI is InChI=1S/C12H12Cl2S2/c13-10-4-2-9(11(14)8-10)3-5-12-15-6-1-7-16-12/h2-5,8,12H,1,6-7H2. The van der Waals surface area contributed by atoms with Gasteiger partial charge in [-0.15, -0.1) is 23.5 Å². The molecule has 0 aromatic heterocycles. The molecule has 86 valence electrons. The molecule has 1 aliphatic heterocycles. The molecule has 1 aliphatic rings. The van der Waals surface area contributed by atoms with Crippen LogP contribution in [0.5, 0.6) is 0 Å². The molecule has 1 fully saturated rings. The minimum Gasteiger partial charge on any atom is -0.143 e. The first-order valence-corrected chi connectivity index (χ1v) is 7.97. The van der Waals surface area contributed by atoms with Crippen molar-refractivity contribution in [1.82, 2.24) is 0 Å². The Kier molecular flexibility index (Phi) is 4.96. The van der Waals surface area contributed by atoms with Gasteiger partial charge in [0.25, 0.3) is 0 Å². The minimum absolute atomic E-state index is 0.570. The van der Waals surface area contributed by atoms with Crippen LogP contribution >= 0.6 is 46.7 Å². The summed E-state index contributed by atoms with van der Waals surface area (Å²) in [7, 11) is 0. The van der Waals surface area contributed by atoms with E-state index in [4.69, 9.17) is 23.2 Å². The van der Waals surface area contributed by atoms with Crippen LogP contribution in [0.4, 0.5) is 0 Å². The van der Waals surface area contributed by atoms with Gasteiger partial charge in [0.1, 0.15) is 0 Å². The summed E-state index contributed by atoms with van der Waals surface area (Å²) in [6.45, 7) is 0. The van der Waals surface area contributed by atoms with Gasteiger partial charge in [0.05, 0.1) is 4.58 Å². The lowest BCUT2D eigenvalue weighted by Crippen LogP contribution is -2.02. The largest absolute Gasteiger partial charge is 0.143 e. The van der Waals surface area contributed by atoms with Crippen molar-refractivity contribution in [1.29, 1.82) is 0 Å². The van der Waals surface area contributed by atoms with E-state index in [9.17, 15) is 0 Å². The van der Waals surface area contributed by atoms with E-state index in [0.717, 1.165) is 10.6 Å². The van der Waals surface area contributed by atoms with E-state index in [-0.39, 0.29) is 0 Å². The van der Waals surface area contributed by atoms with E-state index in [2.05, 4.69) is 12.2 Å². The van der Waals surface area contributed by atoms with Crippen molar-refractivity contribution in [2.45, 2.75) is 11.0 Å². The van der Waals surface area contributed by atoms with E-state index in [1.165, 1.54) is 17.9 Å². The van der Waals surface area contributed by atoms with Crippen molar-refractivity contribution in [3.05, 3.63) is 39.9 Å². The molecule has 0 bridgehead atoms. The molecule has 4 heteroatoms. The van der Waals surface area contributed by atoms with Crippen molar-refractivity contribution in [2.24, 2.45) is 0 Å².